The van der Waals surface area contributed by atoms with Crippen LogP contribution in [-0.2, 0) is 0 Å². The number of rotatable bonds is 6. The Morgan fingerprint density at radius 1 is 1.12 bits per heavy atom. The lowest BCUT2D eigenvalue weighted by molar-refractivity contribution is 0.399. The fraction of sp³-hybridized carbons (Fsp3) is 0.400. The van der Waals surface area contributed by atoms with Gasteiger partial charge in [-0.15, -0.1) is 0 Å². The Morgan fingerprint density at radius 3 is 2.60 bits per heavy atom. The zero-order chi connectivity index (χ0) is 18.0. The Balaban J connectivity index is 2.06. The highest BCUT2D eigenvalue weighted by Crippen LogP contribution is 2.35. The van der Waals surface area contributed by atoms with Gasteiger partial charge in [-0.1, -0.05) is 16.8 Å². The van der Waals surface area contributed by atoms with Crippen molar-refractivity contribution in [1.29, 1.82) is 0 Å². The molecule has 0 saturated heterocycles. The van der Waals surface area contributed by atoms with Gasteiger partial charge >= 0.3 is 0 Å². The van der Waals surface area contributed by atoms with E-state index in [0.29, 0.717) is 0 Å². The van der Waals surface area contributed by atoms with Gasteiger partial charge in [-0.3, -0.25) is 4.98 Å². The van der Waals surface area contributed by atoms with Crippen LogP contribution in [0.5, 0.6) is 0 Å². The minimum Gasteiger partial charge on any atom is -0.384 e. The predicted octanol–water partition coefficient (Wildman–Crippen LogP) is 4.18. The van der Waals surface area contributed by atoms with Crippen LogP contribution in [0.3, 0.4) is 0 Å². The second-order valence-electron chi connectivity index (χ2n) is 6.93. The van der Waals surface area contributed by atoms with E-state index in [2.05, 4.69) is 55.4 Å². The van der Waals surface area contributed by atoms with Gasteiger partial charge in [0, 0.05) is 29.8 Å². The smallest absolute Gasteiger partial charge is 0.134 e. The molecule has 1 aromatic carbocycles. The van der Waals surface area contributed by atoms with Crippen molar-refractivity contribution in [2.24, 2.45) is 0 Å². The van der Waals surface area contributed by atoms with E-state index in [1.165, 1.54) is 11.1 Å². The van der Waals surface area contributed by atoms with Crippen molar-refractivity contribution >= 4 is 16.6 Å². The summed E-state index contributed by atoms with van der Waals surface area (Å²) in [6.07, 6.45) is 2.97. The van der Waals surface area contributed by atoms with Crippen molar-refractivity contribution in [2.75, 3.05) is 32.5 Å². The van der Waals surface area contributed by atoms with Gasteiger partial charge in [0.25, 0.3) is 0 Å². The zero-order valence-corrected chi connectivity index (χ0v) is 15.7. The molecule has 0 bridgehead atoms. The number of aryl methyl sites for hydroxylation is 3. The summed E-state index contributed by atoms with van der Waals surface area (Å²) in [5.41, 5.74) is 6.35. The van der Waals surface area contributed by atoms with Crippen molar-refractivity contribution < 1.29 is 4.52 Å². The average molecular weight is 338 g/mol. The van der Waals surface area contributed by atoms with E-state index in [1.807, 2.05) is 19.2 Å². The van der Waals surface area contributed by atoms with Gasteiger partial charge in [-0.2, -0.15) is 0 Å². The molecule has 132 valence electrons. The number of hydrogen-bond donors (Lipinski definition) is 1. The van der Waals surface area contributed by atoms with Crippen molar-refractivity contribution in [1.82, 2.24) is 15.0 Å². The molecule has 0 aliphatic carbocycles. The highest BCUT2D eigenvalue weighted by molar-refractivity contribution is 6.00. The van der Waals surface area contributed by atoms with Crippen molar-refractivity contribution in [2.45, 2.75) is 27.2 Å². The predicted molar refractivity (Wildman–Crippen MR) is 103 cm³/mol. The van der Waals surface area contributed by atoms with Crippen molar-refractivity contribution in [3.8, 4) is 11.3 Å². The second-order valence-corrected chi connectivity index (χ2v) is 6.93. The molecule has 5 nitrogen and oxygen atoms in total. The lowest BCUT2D eigenvalue weighted by atomic mass is 10.0. The SMILES string of the molecule is Cc1cc(C)c2ncc(-c3cc(C)on3)c(NCCCN(C)C)c2c1. The van der Waals surface area contributed by atoms with Crippen LogP contribution in [0, 0.1) is 20.8 Å². The fourth-order valence-corrected chi connectivity index (χ4v) is 3.15. The number of nitrogens with one attached hydrogen (secondary N) is 1. The number of anilines is 1. The summed E-state index contributed by atoms with van der Waals surface area (Å²) in [4.78, 5) is 6.89. The molecule has 0 aliphatic heterocycles. The van der Waals surface area contributed by atoms with Crippen molar-refractivity contribution in [3.63, 3.8) is 0 Å². The summed E-state index contributed by atoms with van der Waals surface area (Å²) < 4.78 is 5.28. The maximum Gasteiger partial charge on any atom is 0.134 e. The maximum absolute atomic E-state index is 5.28. The molecule has 0 amide bonds. The highest BCUT2D eigenvalue weighted by Gasteiger charge is 2.15. The Morgan fingerprint density at radius 2 is 1.92 bits per heavy atom. The van der Waals surface area contributed by atoms with Gasteiger partial charge in [-0.25, -0.2) is 0 Å². The molecule has 0 saturated carbocycles. The molecule has 2 aromatic heterocycles. The number of hydrogen-bond acceptors (Lipinski definition) is 5. The zero-order valence-electron chi connectivity index (χ0n) is 15.7. The van der Waals surface area contributed by atoms with Gasteiger partial charge in [0.1, 0.15) is 11.5 Å². The molecule has 3 rings (SSSR count). The third kappa shape index (κ3) is 3.82. The summed E-state index contributed by atoms with van der Waals surface area (Å²) >= 11 is 0. The van der Waals surface area contributed by atoms with Crippen LogP contribution in [0.25, 0.3) is 22.2 Å². The van der Waals surface area contributed by atoms with Gasteiger partial charge in [0.05, 0.1) is 11.2 Å². The molecule has 3 aromatic rings. The topological polar surface area (TPSA) is 54.2 Å². The first-order valence-corrected chi connectivity index (χ1v) is 8.68. The van der Waals surface area contributed by atoms with Crippen LogP contribution in [-0.4, -0.2) is 42.2 Å². The highest BCUT2D eigenvalue weighted by atomic mass is 16.5. The number of pyridine rings is 1. The molecule has 0 unspecified atom stereocenters. The third-order valence-corrected chi connectivity index (χ3v) is 4.29. The normalized spacial score (nSPS) is 11.4. The minimum absolute atomic E-state index is 0.800. The van der Waals surface area contributed by atoms with Gasteiger partial charge in [0.15, 0.2) is 0 Å². The second kappa shape index (κ2) is 7.23. The van der Waals surface area contributed by atoms with Crippen LogP contribution in [0.4, 0.5) is 5.69 Å². The molecule has 1 N–H and O–H groups in total. The first-order chi connectivity index (χ1) is 12.0. The first kappa shape index (κ1) is 17.4. The third-order valence-electron chi connectivity index (χ3n) is 4.29. The summed E-state index contributed by atoms with van der Waals surface area (Å²) in [7, 11) is 4.19. The van der Waals surface area contributed by atoms with Crippen LogP contribution in [0.15, 0.2) is 28.9 Å². The lowest BCUT2D eigenvalue weighted by Gasteiger charge is -2.16. The molecule has 0 spiro atoms. The van der Waals surface area contributed by atoms with Crippen molar-refractivity contribution in [3.05, 3.63) is 41.3 Å². The molecule has 0 fully saturated rings. The molecule has 0 atom stereocenters. The van der Waals surface area contributed by atoms with Crippen LogP contribution < -0.4 is 5.32 Å². The first-order valence-electron chi connectivity index (χ1n) is 8.68. The Bertz CT molecular complexity index is 883. The largest absolute Gasteiger partial charge is 0.384 e. The van der Waals surface area contributed by atoms with Gasteiger partial charge in [-0.05, 0) is 59.5 Å². The average Bonchev–Trinajstić information content (AvgIpc) is 2.97. The quantitative estimate of drug-likeness (QED) is 0.683. The van der Waals surface area contributed by atoms with E-state index < -0.39 is 0 Å². The summed E-state index contributed by atoms with van der Waals surface area (Å²) in [5, 5.41) is 8.96. The molecular weight excluding hydrogens is 312 g/mol. The Hall–Kier alpha value is -2.40. The molecule has 0 aliphatic rings. The summed E-state index contributed by atoms with van der Waals surface area (Å²) in [6, 6.07) is 6.32. The molecule has 0 radical (unpaired) electrons. The molecule has 2 heterocycles. The molecular formula is C20H26N4O. The monoisotopic (exact) mass is 338 g/mol. The maximum atomic E-state index is 5.28. The summed E-state index contributed by atoms with van der Waals surface area (Å²) in [6.45, 7) is 8.08. The number of aromatic nitrogens is 2. The van der Waals surface area contributed by atoms with E-state index in [1.54, 1.807) is 0 Å². The van der Waals surface area contributed by atoms with E-state index in [-0.39, 0.29) is 0 Å². The van der Waals surface area contributed by atoms with E-state index in [0.717, 1.165) is 53.1 Å². The lowest BCUT2D eigenvalue weighted by Crippen LogP contribution is -2.16. The minimum atomic E-state index is 0.800. The number of benzene rings is 1. The van der Waals surface area contributed by atoms with E-state index in [9.17, 15) is 0 Å². The molecule has 5 heteroatoms. The van der Waals surface area contributed by atoms with Crippen LogP contribution in [0.2, 0.25) is 0 Å². The Labute approximate surface area is 149 Å². The fourth-order valence-electron chi connectivity index (χ4n) is 3.15. The number of fused-ring (bicyclic) bond motifs is 1. The van der Waals surface area contributed by atoms with Crippen LogP contribution in [0.1, 0.15) is 23.3 Å². The Kier molecular flexibility index (Phi) is 5.04. The summed E-state index contributed by atoms with van der Waals surface area (Å²) in [5.74, 6) is 0.800. The van der Waals surface area contributed by atoms with E-state index in [4.69, 9.17) is 9.51 Å². The standard InChI is InChI=1S/C20H26N4O/c1-13-9-14(2)19-16(10-13)20(21-7-6-8-24(4)5)17(12-22-19)18-11-15(3)25-23-18/h9-12H,6-8H2,1-5H3,(H,21,22). The molecule has 25 heavy (non-hydrogen) atoms. The van der Waals surface area contributed by atoms with Gasteiger partial charge < -0.3 is 14.7 Å². The van der Waals surface area contributed by atoms with E-state index >= 15 is 0 Å². The number of nitrogens with zero attached hydrogens (tertiary/aromatic N) is 3. The van der Waals surface area contributed by atoms with Crippen LogP contribution >= 0.6 is 0 Å². The van der Waals surface area contributed by atoms with Gasteiger partial charge in [0.2, 0.25) is 0 Å².